The monoisotopic (exact) mass is 402 g/mol. The Morgan fingerprint density at radius 2 is 2.00 bits per heavy atom. The number of nitrogens with one attached hydrogen (secondary N) is 1. The summed E-state index contributed by atoms with van der Waals surface area (Å²) < 4.78 is 5.60. The van der Waals surface area contributed by atoms with Crippen LogP contribution < -0.4 is 10.1 Å². The number of rotatable bonds is 8. The highest BCUT2D eigenvalue weighted by Crippen LogP contribution is 2.25. The highest BCUT2D eigenvalue weighted by molar-refractivity contribution is 7.16. The number of aromatic nitrogens is 2. The molecule has 138 valence electrons. The predicted octanol–water partition coefficient (Wildman–Crippen LogP) is 3.78. The molecule has 1 aromatic carbocycles. The Bertz CT molecular complexity index is 953. The van der Waals surface area contributed by atoms with Crippen LogP contribution in [0.1, 0.15) is 9.88 Å². The van der Waals surface area contributed by atoms with Crippen LogP contribution in [0.2, 0.25) is 0 Å². The molecular weight excluding hydrogens is 388 g/mol. The van der Waals surface area contributed by atoms with E-state index in [4.69, 9.17) is 4.74 Å². The summed E-state index contributed by atoms with van der Waals surface area (Å²) in [5.41, 5.74) is 0. The average Bonchev–Trinajstić information content (AvgIpc) is 3.31. The second kappa shape index (κ2) is 9.01. The zero-order chi connectivity index (χ0) is 19.1. The SMILES string of the molecule is O=C(/C=C/c1ccc([N+](=O)[O-])s1)Nc1nnc(CCOc2ccccc2)s1. The Kier molecular flexibility index (Phi) is 6.23. The molecule has 0 aliphatic carbocycles. The van der Waals surface area contributed by atoms with E-state index in [1.807, 2.05) is 30.3 Å². The largest absolute Gasteiger partial charge is 0.493 e. The van der Waals surface area contributed by atoms with Gasteiger partial charge in [-0.25, -0.2) is 0 Å². The summed E-state index contributed by atoms with van der Waals surface area (Å²) in [6.07, 6.45) is 3.40. The van der Waals surface area contributed by atoms with Gasteiger partial charge >= 0.3 is 5.00 Å². The summed E-state index contributed by atoms with van der Waals surface area (Å²) in [6, 6.07) is 12.5. The van der Waals surface area contributed by atoms with Crippen molar-refractivity contribution in [1.29, 1.82) is 0 Å². The molecule has 10 heteroatoms. The Labute approximate surface area is 162 Å². The van der Waals surface area contributed by atoms with E-state index in [2.05, 4.69) is 15.5 Å². The van der Waals surface area contributed by atoms with E-state index in [1.165, 1.54) is 29.6 Å². The van der Waals surface area contributed by atoms with Crippen LogP contribution in [-0.2, 0) is 11.2 Å². The van der Waals surface area contributed by atoms with E-state index in [-0.39, 0.29) is 10.9 Å². The molecule has 1 N–H and O–H groups in total. The van der Waals surface area contributed by atoms with Crippen molar-refractivity contribution in [2.45, 2.75) is 6.42 Å². The first-order valence-electron chi connectivity index (χ1n) is 7.83. The van der Waals surface area contributed by atoms with E-state index in [0.29, 0.717) is 23.0 Å². The van der Waals surface area contributed by atoms with Crippen molar-refractivity contribution in [3.63, 3.8) is 0 Å². The lowest BCUT2D eigenvalue weighted by molar-refractivity contribution is -0.380. The maximum atomic E-state index is 11.9. The first-order valence-corrected chi connectivity index (χ1v) is 9.47. The molecule has 0 spiro atoms. The molecule has 0 unspecified atom stereocenters. The molecule has 3 aromatic rings. The molecule has 2 heterocycles. The molecule has 0 aliphatic heterocycles. The summed E-state index contributed by atoms with van der Waals surface area (Å²) >= 11 is 2.27. The van der Waals surface area contributed by atoms with Gasteiger partial charge in [-0.15, -0.1) is 10.2 Å². The number of nitro groups is 1. The number of hydrogen-bond donors (Lipinski definition) is 1. The predicted molar refractivity (Wildman–Crippen MR) is 104 cm³/mol. The van der Waals surface area contributed by atoms with Gasteiger partial charge in [-0.1, -0.05) is 40.9 Å². The second-order valence-corrected chi connectivity index (χ2v) is 7.32. The van der Waals surface area contributed by atoms with Crippen LogP contribution in [0.25, 0.3) is 6.08 Å². The minimum Gasteiger partial charge on any atom is -0.493 e. The van der Waals surface area contributed by atoms with Gasteiger partial charge < -0.3 is 4.74 Å². The molecule has 0 aliphatic rings. The van der Waals surface area contributed by atoms with Crippen molar-refractivity contribution in [2.24, 2.45) is 0 Å². The van der Waals surface area contributed by atoms with Gasteiger partial charge in [0.1, 0.15) is 10.8 Å². The van der Waals surface area contributed by atoms with Crippen molar-refractivity contribution in [1.82, 2.24) is 10.2 Å². The number of thiophene rings is 1. The molecule has 27 heavy (non-hydrogen) atoms. The van der Waals surface area contributed by atoms with Crippen molar-refractivity contribution in [3.05, 3.63) is 68.5 Å². The van der Waals surface area contributed by atoms with E-state index in [9.17, 15) is 14.9 Å². The summed E-state index contributed by atoms with van der Waals surface area (Å²) in [4.78, 5) is 22.7. The lowest BCUT2D eigenvalue weighted by Gasteiger charge is -2.03. The minimum absolute atomic E-state index is 0.0292. The van der Waals surface area contributed by atoms with E-state index >= 15 is 0 Å². The molecule has 0 saturated heterocycles. The molecule has 2 aromatic heterocycles. The van der Waals surface area contributed by atoms with Crippen molar-refractivity contribution < 1.29 is 14.5 Å². The van der Waals surface area contributed by atoms with Gasteiger partial charge in [0.2, 0.25) is 11.0 Å². The Morgan fingerprint density at radius 1 is 1.19 bits per heavy atom. The standard InChI is InChI=1S/C17H14N4O4S2/c22-14(8-6-13-7-9-16(26-13)21(23)24)18-17-20-19-15(27-17)10-11-25-12-4-2-1-3-5-12/h1-9H,10-11H2,(H,18,20,22)/b8-6+. The second-order valence-electron chi connectivity index (χ2n) is 5.17. The first-order chi connectivity index (χ1) is 13.1. The zero-order valence-electron chi connectivity index (χ0n) is 13.9. The van der Waals surface area contributed by atoms with Crippen molar-refractivity contribution in [3.8, 4) is 5.75 Å². The van der Waals surface area contributed by atoms with E-state index < -0.39 is 4.92 Å². The number of carbonyl (C=O) groups is 1. The minimum atomic E-state index is -0.466. The first kappa shape index (κ1) is 18.7. The molecule has 0 radical (unpaired) electrons. The van der Waals surface area contributed by atoms with E-state index in [1.54, 1.807) is 6.07 Å². The lowest BCUT2D eigenvalue weighted by Crippen LogP contribution is -2.07. The van der Waals surface area contributed by atoms with Crippen molar-refractivity contribution >= 4 is 44.8 Å². The maximum Gasteiger partial charge on any atom is 0.324 e. The normalized spacial score (nSPS) is 10.8. The number of ether oxygens (including phenoxy) is 1. The number of anilines is 1. The fourth-order valence-electron chi connectivity index (χ4n) is 2.01. The van der Waals surface area contributed by atoms with Gasteiger partial charge in [0.05, 0.1) is 11.5 Å². The number of para-hydroxylation sites is 1. The third-order valence-corrected chi connectivity index (χ3v) is 5.12. The fourth-order valence-corrected chi connectivity index (χ4v) is 3.46. The van der Waals surface area contributed by atoms with Crippen LogP contribution in [0.15, 0.2) is 48.5 Å². The average molecular weight is 402 g/mol. The number of benzene rings is 1. The number of nitrogens with zero attached hydrogens (tertiary/aromatic N) is 3. The van der Waals surface area contributed by atoms with Crippen LogP contribution >= 0.6 is 22.7 Å². The third-order valence-electron chi connectivity index (χ3n) is 3.22. The van der Waals surface area contributed by atoms with Gasteiger partial charge in [-0.05, 0) is 24.3 Å². The van der Waals surface area contributed by atoms with E-state index in [0.717, 1.165) is 22.1 Å². The molecule has 0 atom stereocenters. The summed E-state index contributed by atoms with van der Waals surface area (Å²) in [6.45, 7) is 0.462. The maximum absolute atomic E-state index is 11.9. The van der Waals surface area contributed by atoms with Crippen LogP contribution in [0.4, 0.5) is 10.1 Å². The van der Waals surface area contributed by atoms with Crippen LogP contribution in [0, 0.1) is 10.1 Å². The summed E-state index contributed by atoms with van der Waals surface area (Å²) in [5.74, 6) is 0.406. The molecule has 0 bridgehead atoms. The van der Waals surface area contributed by atoms with Gasteiger partial charge in [-0.2, -0.15) is 0 Å². The summed E-state index contributed by atoms with van der Waals surface area (Å²) in [5, 5.41) is 22.4. The molecule has 0 fully saturated rings. The Balaban J connectivity index is 1.47. The Hall–Kier alpha value is -3.11. The smallest absolute Gasteiger partial charge is 0.324 e. The topological polar surface area (TPSA) is 107 Å². The molecule has 0 saturated carbocycles. The molecular formula is C17H14N4O4S2. The summed E-state index contributed by atoms with van der Waals surface area (Å²) in [7, 11) is 0. The van der Waals surface area contributed by atoms with Gasteiger partial charge in [-0.3, -0.25) is 20.2 Å². The highest BCUT2D eigenvalue weighted by Gasteiger charge is 2.09. The Morgan fingerprint density at radius 3 is 2.74 bits per heavy atom. The highest BCUT2D eigenvalue weighted by atomic mass is 32.1. The van der Waals surface area contributed by atoms with Crippen LogP contribution in [0.3, 0.4) is 0 Å². The number of carbonyl (C=O) groups excluding carboxylic acids is 1. The van der Waals surface area contributed by atoms with Crippen LogP contribution in [-0.4, -0.2) is 27.6 Å². The third kappa shape index (κ3) is 5.69. The number of hydrogen-bond acceptors (Lipinski definition) is 8. The van der Waals surface area contributed by atoms with Crippen LogP contribution in [0.5, 0.6) is 5.75 Å². The zero-order valence-corrected chi connectivity index (χ0v) is 15.5. The fraction of sp³-hybridized carbons (Fsp3) is 0.118. The van der Waals surface area contributed by atoms with Crippen molar-refractivity contribution in [2.75, 3.05) is 11.9 Å². The van der Waals surface area contributed by atoms with Gasteiger partial charge in [0, 0.05) is 23.4 Å². The molecule has 3 rings (SSSR count). The molecule has 1 amide bonds. The lowest BCUT2D eigenvalue weighted by atomic mass is 10.3. The van der Waals surface area contributed by atoms with Gasteiger partial charge in [0.25, 0.3) is 0 Å². The quantitative estimate of drug-likeness (QED) is 0.349. The molecule has 8 nitrogen and oxygen atoms in total. The number of amides is 1. The van der Waals surface area contributed by atoms with Gasteiger partial charge in [0.15, 0.2) is 0 Å².